The number of amides is 1. The number of halogens is 3. The van der Waals surface area contributed by atoms with Crippen molar-refractivity contribution in [3.63, 3.8) is 0 Å². The number of thiocarbonyl (C=S) groups is 1. The fourth-order valence-corrected chi connectivity index (χ4v) is 2.72. The van der Waals surface area contributed by atoms with Crippen molar-refractivity contribution in [3.8, 4) is 0 Å². The molecule has 3 nitrogen and oxygen atoms in total. The van der Waals surface area contributed by atoms with Gasteiger partial charge >= 0.3 is 6.18 Å². The van der Waals surface area contributed by atoms with Gasteiger partial charge in [-0.1, -0.05) is 35.9 Å². The first-order chi connectivity index (χ1) is 11.8. The van der Waals surface area contributed by atoms with Gasteiger partial charge in [-0.05, 0) is 49.0 Å². The number of anilines is 1. The Balaban J connectivity index is 1.93. The van der Waals surface area contributed by atoms with E-state index in [-0.39, 0.29) is 16.5 Å². The van der Waals surface area contributed by atoms with Gasteiger partial charge in [0.15, 0.2) is 5.11 Å². The van der Waals surface area contributed by atoms with E-state index >= 15 is 0 Å². The Labute approximate surface area is 147 Å². The van der Waals surface area contributed by atoms with Gasteiger partial charge in [0, 0.05) is 0 Å². The van der Waals surface area contributed by atoms with E-state index in [1.807, 2.05) is 31.2 Å². The van der Waals surface area contributed by atoms with Crippen molar-refractivity contribution in [2.24, 2.45) is 0 Å². The van der Waals surface area contributed by atoms with Crippen LogP contribution in [0.4, 0.5) is 18.9 Å². The number of aryl methyl sites for hydroxylation is 1. The van der Waals surface area contributed by atoms with Crippen LogP contribution in [0.5, 0.6) is 0 Å². The van der Waals surface area contributed by atoms with Crippen LogP contribution in [0.1, 0.15) is 16.7 Å². The van der Waals surface area contributed by atoms with Gasteiger partial charge in [0.1, 0.15) is 5.70 Å². The SMILES string of the molecule is Cc1ccc(C=C2NC(=S)N(c3cccc(C(F)(F)F)c3)C2=O)cc1. The topological polar surface area (TPSA) is 32.3 Å². The van der Waals surface area contributed by atoms with Gasteiger partial charge in [-0.15, -0.1) is 0 Å². The van der Waals surface area contributed by atoms with Crippen molar-refractivity contribution in [1.82, 2.24) is 5.32 Å². The van der Waals surface area contributed by atoms with E-state index in [4.69, 9.17) is 12.2 Å². The van der Waals surface area contributed by atoms with Crippen LogP contribution in [0.25, 0.3) is 6.08 Å². The van der Waals surface area contributed by atoms with Gasteiger partial charge in [0.2, 0.25) is 0 Å². The monoisotopic (exact) mass is 362 g/mol. The molecule has 1 heterocycles. The Bertz CT molecular complexity index is 873. The number of carbonyl (C=O) groups excluding carboxylic acids is 1. The van der Waals surface area contributed by atoms with Crippen LogP contribution in [-0.4, -0.2) is 11.0 Å². The third-order valence-electron chi connectivity index (χ3n) is 3.70. The van der Waals surface area contributed by atoms with Crippen LogP contribution in [0.15, 0.2) is 54.2 Å². The molecule has 1 aliphatic heterocycles. The fraction of sp³-hybridized carbons (Fsp3) is 0.111. The smallest absolute Gasteiger partial charge is 0.327 e. The number of alkyl halides is 3. The summed E-state index contributed by atoms with van der Waals surface area (Å²) in [5.74, 6) is -0.495. The summed E-state index contributed by atoms with van der Waals surface area (Å²) in [6.45, 7) is 1.94. The summed E-state index contributed by atoms with van der Waals surface area (Å²) in [6.07, 6.45) is -2.88. The van der Waals surface area contributed by atoms with E-state index in [0.717, 1.165) is 28.2 Å². The molecule has 0 unspecified atom stereocenters. The quantitative estimate of drug-likeness (QED) is 0.639. The molecule has 1 aliphatic rings. The normalized spacial score (nSPS) is 16.5. The van der Waals surface area contributed by atoms with Crippen molar-refractivity contribution in [1.29, 1.82) is 0 Å². The van der Waals surface area contributed by atoms with E-state index in [1.54, 1.807) is 6.08 Å². The maximum atomic E-state index is 12.9. The van der Waals surface area contributed by atoms with E-state index in [1.165, 1.54) is 12.1 Å². The molecule has 1 amide bonds. The number of rotatable bonds is 2. The predicted molar refractivity (Wildman–Crippen MR) is 93.8 cm³/mol. The predicted octanol–water partition coefficient (Wildman–Crippen LogP) is 4.28. The molecule has 25 heavy (non-hydrogen) atoms. The molecule has 0 aromatic heterocycles. The molecule has 1 saturated heterocycles. The van der Waals surface area contributed by atoms with Gasteiger partial charge in [0.05, 0.1) is 11.3 Å². The summed E-state index contributed by atoms with van der Waals surface area (Å²) in [5.41, 5.74) is 1.32. The highest BCUT2D eigenvalue weighted by molar-refractivity contribution is 7.80. The molecule has 0 saturated carbocycles. The summed E-state index contributed by atoms with van der Waals surface area (Å²) in [4.78, 5) is 13.6. The number of nitrogens with zero attached hydrogens (tertiary/aromatic N) is 1. The van der Waals surface area contributed by atoms with Gasteiger partial charge in [-0.3, -0.25) is 9.69 Å². The Morgan fingerprint density at radius 3 is 2.44 bits per heavy atom. The lowest BCUT2D eigenvalue weighted by Gasteiger charge is -2.16. The molecule has 128 valence electrons. The first-order valence-corrected chi connectivity index (χ1v) is 7.77. The van der Waals surface area contributed by atoms with Crippen LogP contribution >= 0.6 is 12.2 Å². The molecule has 2 aromatic rings. The van der Waals surface area contributed by atoms with Gasteiger partial charge in [0.25, 0.3) is 5.91 Å². The van der Waals surface area contributed by atoms with E-state index in [0.29, 0.717) is 0 Å². The fourth-order valence-electron chi connectivity index (χ4n) is 2.42. The molecular formula is C18H13F3N2OS. The highest BCUT2D eigenvalue weighted by atomic mass is 32.1. The van der Waals surface area contributed by atoms with E-state index < -0.39 is 17.6 Å². The highest BCUT2D eigenvalue weighted by Gasteiger charge is 2.35. The standard InChI is InChI=1S/C18H13F3N2OS/c1-11-5-7-12(8-6-11)9-15-16(24)23(17(25)22-15)14-4-2-3-13(10-14)18(19,20)21/h2-10H,1H3,(H,22,25). The molecule has 1 N–H and O–H groups in total. The maximum absolute atomic E-state index is 12.9. The first-order valence-electron chi connectivity index (χ1n) is 7.37. The number of benzene rings is 2. The summed E-state index contributed by atoms with van der Waals surface area (Å²) in [7, 11) is 0. The average Bonchev–Trinajstić information content (AvgIpc) is 2.83. The van der Waals surface area contributed by atoms with Crippen molar-refractivity contribution in [3.05, 3.63) is 70.9 Å². The van der Waals surface area contributed by atoms with Crippen LogP contribution in [0, 0.1) is 6.92 Å². The lowest BCUT2D eigenvalue weighted by atomic mass is 10.1. The minimum Gasteiger partial charge on any atom is -0.327 e. The summed E-state index contributed by atoms with van der Waals surface area (Å²) >= 11 is 5.12. The van der Waals surface area contributed by atoms with Crippen LogP contribution in [0.2, 0.25) is 0 Å². The van der Waals surface area contributed by atoms with Crippen molar-refractivity contribution in [2.45, 2.75) is 13.1 Å². The molecule has 0 radical (unpaired) electrons. The minimum atomic E-state index is -4.49. The second-order valence-corrected chi connectivity index (χ2v) is 5.97. The molecule has 0 atom stereocenters. The zero-order chi connectivity index (χ0) is 18.2. The molecule has 2 aromatic carbocycles. The Hall–Kier alpha value is -2.67. The summed E-state index contributed by atoms with van der Waals surface area (Å²) in [6, 6.07) is 12.0. The lowest BCUT2D eigenvalue weighted by Crippen LogP contribution is -2.30. The van der Waals surface area contributed by atoms with Gasteiger partial charge in [-0.2, -0.15) is 13.2 Å². The first kappa shape index (κ1) is 17.2. The average molecular weight is 362 g/mol. The molecular weight excluding hydrogens is 349 g/mol. The second kappa shape index (κ2) is 6.33. The number of hydrogen-bond donors (Lipinski definition) is 1. The molecule has 1 fully saturated rings. The Morgan fingerprint density at radius 2 is 1.80 bits per heavy atom. The zero-order valence-electron chi connectivity index (χ0n) is 13.1. The maximum Gasteiger partial charge on any atom is 0.416 e. The number of carbonyl (C=O) groups is 1. The summed E-state index contributed by atoms with van der Waals surface area (Å²) < 4.78 is 38.6. The van der Waals surface area contributed by atoms with E-state index in [2.05, 4.69) is 5.32 Å². The lowest BCUT2D eigenvalue weighted by molar-refractivity contribution is -0.137. The van der Waals surface area contributed by atoms with Crippen molar-refractivity contribution in [2.75, 3.05) is 4.90 Å². The minimum absolute atomic E-state index is 0.0442. The van der Waals surface area contributed by atoms with Crippen molar-refractivity contribution < 1.29 is 18.0 Å². The second-order valence-electron chi connectivity index (χ2n) is 5.59. The molecule has 0 spiro atoms. The molecule has 0 bridgehead atoms. The van der Waals surface area contributed by atoms with Crippen LogP contribution < -0.4 is 10.2 Å². The van der Waals surface area contributed by atoms with E-state index in [9.17, 15) is 18.0 Å². The zero-order valence-corrected chi connectivity index (χ0v) is 13.9. The highest BCUT2D eigenvalue weighted by Crippen LogP contribution is 2.32. The third-order valence-corrected chi connectivity index (χ3v) is 3.98. The molecule has 7 heteroatoms. The third kappa shape index (κ3) is 3.56. The van der Waals surface area contributed by atoms with Gasteiger partial charge < -0.3 is 5.32 Å². The molecule has 3 rings (SSSR count). The Morgan fingerprint density at radius 1 is 1.12 bits per heavy atom. The number of nitrogens with one attached hydrogen (secondary N) is 1. The number of hydrogen-bond acceptors (Lipinski definition) is 2. The van der Waals surface area contributed by atoms with Crippen LogP contribution in [0.3, 0.4) is 0 Å². The van der Waals surface area contributed by atoms with Crippen LogP contribution in [-0.2, 0) is 11.0 Å². The van der Waals surface area contributed by atoms with Gasteiger partial charge in [-0.25, -0.2) is 0 Å². The van der Waals surface area contributed by atoms with Crippen molar-refractivity contribution >= 4 is 35.0 Å². The largest absolute Gasteiger partial charge is 0.416 e. The molecule has 0 aliphatic carbocycles. The summed E-state index contributed by atoms with van der Waals surface area (Å²) in [5, 5.41) is 2.81. The Kier molecular flexibility index (Phi) is 4.34.